The van der Waals surface area contributed by atoms with Gasteiger partial charge in [-0.3, -0.25) is 14.4 Å². The van der Waals surface area contributed by atoms with Crippen LogP contribution in [0.15, 0.2) is 48.6 Å². The fourth-order valence-electron chi connectivity index (χ4n) is 9.45. The number of carbonyl (C=O) groups is 3. The van der Waals surface area contributed by atoms with Crippen molar-refractivity contribution < 1.29 is 28.6 Å². The molecule has 0 heterocycles. The number of unbranched alkanes of at least 4 members (excludes halogenated alkanes) is 40. The van der Waals surface area contributed by atoms with Crippen LogP contribution in [0.5, 0.6) is 0 Å². The van der Waals surface area contributed by atoms with E-state index in [1.165, 1.54) is 218 Å². The monoisotopic (exact) mass is 1020 g/mol. The third-order valence-electron chi connectivity index (χ3n) is 14.3. The van der Waals surface area contributed by atoms with Crippen LogP contribution in [0, 0.1) is 0 Å². The fraction of sp³-hybridized carbons (Fsp3) is 0.836. The van der Waals surface area contributed by atoms with Gasteiger partial charge < -0.3 is 14.2 Å². The summed E-state index contributed by atoms with van der Waals surface area (Å²) in [6, 6.07) is 0. The minimum atomic E-state index is -0.780. The van der Waals surface area contributed by atoms with E-state index in [1.54, 1.807) is 0 Å². The number of ether oxygens (including phenoxy) is 3. The van der Waals surface area contributed by atoms with E-state index >= 15 is 0 Å². The maximum absolute atomic E-state index is 12.9. The van der Waals surface area contributed by atoms with Gasteiger partial charge in [0, 0.05) is 19.3 Å². The molecule has 0 bridgehead atoms. The molecule has 73 heavy (non-hydrogen) atoms. The Hall–Kier alpha value is -2.63. The van der Waals surface area contributed by atoms with Gasteiger partial charge in [0.05, 0.1) is 0 Å². The van der Waals surface area contributed by atoms with Crippen molar-refractivity contribution in [3.8, 4) is 0 Å². The molecule has 0 aromatic rings. The lowest BCUT2D eigenvalue weighted by Crippen LogP contribution is -2.30. The Morgan fingerprint density at radius 2 is 0.493 bits per heavy atom. The van der Waals surface area contributed by atoms with Gasteiger partial charge in [-0.05, 0) is 83.5 Å². The Bertz CT molecular complexity index is 1270. The Balaban J connectivity index is 4.34. The molecular formula is C67H122O6. The number of carbonyl (C=O) groups excluding carboxylic acids is 3. The summed E-state index contributed by atoms with van der Waals surface area (Å²) >= 11 is 0. The van der Waals surface area contributed by atoms with Crippen LogP contribution in [-0.2, 0) is 28.6 Å². The lowest BCUT2D eigenvalue weighted by Gasteiger charge is -2.18. The molecule has 0 unspecified atom stereocenters. The summed E-state index contributed by atoms with van der Waals surface area (Å²) in [6.07, 6.45) is 76.8. The summed E-state index contributed by atoms with van der Waals surface area (Å²) in [5.74, 6) is -0.870. The second kappa shape index (κ2) is 61.9. The molecule has 6 nitrogen and oxygen atoms in total. The van der Waals surface area contributed by atoms with E-state index in [2.05, 4.69) is 69.4 Å². The van der Waals surface area contributed by atoms with Crippen molar-refractivity contribution in [3.05, 3.63) is 48.6 Å². The summed E-state index contributed by atoms with van der Waals surface area (Å²) in [4.78, 5) is 38.3. The van der Waals surface area contributed by atoms with E-state index in [9.17, 15) is 14.4 Å². The minimum absolute atomic E-state index is 0.0754. The van der Waals surface area contributed by atoms with Gasteiger partial charge in [-0.15, -0.1) is 0 Å². The molecule has 0 aromatic carbocycles. The largest absolute Gasteiger partial charge is 0.462 e. The summed E-state index contributed by atoms with van der Waals surface area (Å²) in [6.45, 7) is 6.63. The predicted octanol–water partition coefficient (Wildman–Crippen LogP) is 21.8. The van der Waals surface area contributed by atoms with Gasteiger partial charge >= 0.3 is 17.9 Å². The van der Waals surface area contributed by atoms with Crippen LogP contribution in [0.3, 0.4) is 0 Å². The molecular weight excluding hydrogens is 901 g/mol. The molecule has 0 aliphatic rings. The van der Waals surface area contributed by atoms with Crippen LogP contribution in [0.2, 0.25) is 0 Å². The van der Waals surface area contributed by atoms with Crippen molar-refractivity contribution >= 4 is 17.9 Å². The molecule has 0 amide bonds. The number of hydrogen-bond donors (Lipinski definition) is 0. The Morgan fingerprint density at radius 1 is 0.274 bits per heavy atom. The highest BCUT2D eigenvalue weighted by atomic mass is 16.6. The zero-order valence-corrected chi connectivity index (χ0v) is 48.9. The van der Waals surface area contributed by atoms with Gasteiger partial charge in [0.1, 0.15) is 13.2 Å². The molecule has 426 valence electrons. The second-order valence-electron chi connectivity index (χ2n) is 21.7. The van der Waals surface area contributed by atoms with Crippen LogP contribution in [0.1, 0.15) is 342 Å². The van der Waals surface area contributed by atoms with Crippen LogP contribution in [-0.4, -0.2) is 37.2 Å². The van der Waals surface area contributed by atoms with Crippen molar-refractivity contribution in [3.63, 3.8) is 0 Å². The molecule has 0 rings (SSSR count). The lowest BCUT2D eigenvalue weighted by molar-refractivity contribution is -0.167. The van der Waals surface area contributed by atoms with Gasteiger partial charge in [-0.2, -0.15) is 0 Å². The first-order valence-corrected chi connectivity index (χ1v) is 32.1. The quantitative estimate of drug-likeness (QED) is 0.0261. The second-order valence-corrected chi connectivity index (χ2v) is 21.7. The van der Waals surface area contributed by atoms with Gasteiger partial charge in [0.25, 0.3) is 0 Å². The molecule has 0 aliphatic heterocycles. The maximum Gasteiger partial charge on any atom is 0.306 e. The van der Waals surface area contributed by atoms with E-state index in [0.717, 1.165) is 83.5 Å². The average Bonchev–Trinajstić information content (AvgIpc) is 3.39. The van der Waals surface area contributed by atoms with Crippen LogP contribution < -0.4 is 0 Å². The first-order chi connectivity index (χ1) is 36.0. The summed E-state index contributed by atoms with van der Waals surface area (Å²) in [5.41, 5.74) is 0. The lowest BCUT2D eigenvalue weighted by atomic mass is 10.0. The zero-order chi connectivity index (χ0) is 52.9. The minimum Gasteiger partial charge on any atom is -0.462 e. The molecule has 0 aromatic heterocycles. The zero-order valence-electron chi connectivity index (χ0n) is 48.9. The Morgan fingerprint density at radius 3 is 0.781 bits per heavy atom. The number of hydrogen-bond acceptors (Lipinski definition) is 6. The van der Waals surface area contributed by atoms with E-state index in [1.807, 2.05) is 0 Å². The highest BCUT2D eigenvalue weighted by molar-refractivity contribution is 5.71. The number of esters is 3. The molecule has 0 N–H and O–H groups in total. The van der Waals surface area contributed by atoms with E-state index in [0.29, 0.717) is 19.3 Å². The molecule has 0 radical (unpaired) electrons. The van der Waals surface area contributed by atoms with Crippen molar-refractivity contribution in [2.45, 2.75) is 348 Å². The molecule has 0 fully saturated rings. The SMILES string of the molecule is CCCCC/C=C\C/C=C\CCCCCCCCCC(=O)OC[C@H](COC(=O)CCCCCCCCCCCCCCCCCCCCCCC)OC(=O)CCCCCCCCC/C=C\C/C=C\CCCCC. The van der Waals surface area contributed by atoms with E-state index in [-0.39, 0.29) is 31.1 Å². The molecule has 0 saturated heterocycles. The highest BCUT2D eigenvalue weighted by Crippen LogP contribution is 2.17. The Labute approximate surface area is 454 Å². The third-order valence-corrected chi connectivity index (χ3v) is 14.3. The fourth-order valence-corrected chi connectivity index (χ4v) is 9.45. The van der Waals surface area contributed by atoms with Crippen LogP contribution in [0.4, 0.5) is 0 Å². The van der Waals surface area contributed by atoms with E-state index in [4.69, 9.17) is 14.2 Å². The van der Waals surface area contributed by atoms with Gasteiger partial charge in [0.15, 0.2) is 6.10 Å². The van der Waals surface area contributed by atoms with Gasteiger partial charge in [-0.25, -0.2) is 0 Å². The Kier molecular flexibility index (Phi) is 59.7. The maximum atomic E-state index is 12.9. The van der Waals surface area contributed by atoms with Crippen LogP contribution >= 0.6 is 0 Å². The van der Waals surface area contributed by atoms with Crippen molar-refractivity contribution in [2.24, 2.45) is 0 Å². The average molecular weight is 1020 g/mol. The first kappa shape index (κ1) is 70.4. The number of rotatable bonds is 59. The standard InChI is InChI=1S/C67H122O6/c1-4-7-10-13-16-19-22-25-28-31-32-33-34-37-39-42-45-48-51-54-57-60-66(69)72-63-64(73-67(70)61-58-55-52-49-46-43-40-36-30-27-24-21-18-15-12-9-6-3)62-71-65(68)59-56-53-50-47-44-41-38-35-29-26-23-20-17-14-11-8-5-2/h17-18,20-21,26-27,29-30,64H,4-16,19,22-25,28,31-63H2,1-3H3/b20-17-,21-18-,29-26-,30-27-/t64-/m1/s1. The molecule has 0 spiro atoms. The smallest absolute Gasteiger partial charge is 0.306 e. The normalized spacial score (nSPS) is 12.3. The number of allylic oxidation sites excluding steroid dienone is 8. The van der Waals surface area contributed by atoms with Crippen molar-refractivity contribution in [1.82, 2.24) is 0 Å². The first-order valence-electron chi connectivity index (χ1n) is 32.1. The van der Waals surface area contributed by atoms with Crippen LogP contribution in [0.25, 0.3) is 0 Å². The molecule has 6 heteroatoms. The van der Waals surface area contributed by atoms with E-state index < -0.39 is 6.10 Å². The van der Waals surface area contributed by atoms with Gasteiger partial charge in [-0.1, -0.05) is 288 Å². The molecule has 0 aliphatic carbocycles. The molecule has 1 atom stereocenters. The predicted molar refractivity (Wildman–Crippen MR) is 316 cm³/mol. The summed E-state index contributed by atoms with van der Waals surface area (Å²) in [7, 11) is 0. The third kappa shape index (κ3) is 60.1. The topological polar surface area (TPSA) is 78.9 Å². The van der Waals surface area contributed by atoms with Crippen molar-refractivity contribution in [2.75, 3.05) is 13.2 Å². The highest BCUT2D eigenvalue weighted by Gasteiger charge is 2.19. The summed E-state index contributed by atoms with van der Waals surface area (Å²) in [5, 5.41) is 0. The van der Waals surface area contributed by atoms with Gasteiger partial charge in [0.2, 0.25) is 0 Å². The van der Waals surface area contributed by atoms with Crippen molar-refractivity contribution in [1.29, 1.82) is 0 Å². The summed E-state index contributed by atoms with van der Waals surface area (Å²) < 4.78 is 16.9. The molecule has 0 saturated carbocycles.